The maximum Gasteiger partial charge on any atom is 0.218 e. The van der Waals surface area contributed by atoms with Crippen molar-refractivity contribution in [1.29, 1.82) is 0 Å². The molecule has 8 heavy (non-hydrogen) atoms. The van der Waals surface area contributed by atoms with E-state index in [0.717, 1.165) is 0 Å². The Morgan fingerprint density at radius 1 is 1.75 bits per heavy atom. The van der Waals surface area contributed by atoms with Crippen LogP contribution in [0.3, 0.4) is 0 Å². The first kappa shape index (κ1) is 6.05. The van der Waals surface area contributed by atoms with E-state index in [9.17, 15) is 0 Å². The molecule has 0 aliphatic carbocycles. The molecular weight excluding hydrogens is 147 g/mol. The maximum atomic E-state index is 5.55. The molecular formula is C4H4Cl2N2. The predicted octanol–water partition coefficient (Wildman–Crippen LogP) is 1.62. The first-order chi connectivity index (χ1) is 3.79. The molecule has 4 heteroatoms. The largest absolute Gasteiger partial charge is 0.236 e. The summed E-state index contributed by atoms with van der Waals surface area (Å²) >= 11 is 10.9. The minimum atomic E-state index is -0.208. The number of alkyl halides is 1. The average molecular weight is 151 g/mol. The zero-order chi connectivity index (χ0) is 5.98. The second-order valence-electron chi connectivity index (χ2n) is 1.38. The van der Waals surface area contributed by atoms with Crippen molar-refractivity contribution in [2.45, 2.75) is 11.9 Å². The van der Waals surface area contributed by atoms with E-state index < -0.39 is 0 Å². The standard InChI is InChI=1S/C4H4Cl2N2/c5-3-1-2-7-4(6)8-3/h2-3H,1H2. The minimum absolute atomic E-state index is 0.208. The van der Waals surface area contributed by atoms with E-state index in [1.54, 1.807) is 6.21 Å². The molecule has 0 saturated heterocycles. The summed E-state index contributed by atoms with van der Waals surface area (Å²) in [7, 11) is 0. The number of hydrogen-bond acceptors (Lipinski definition) is 2. The topological polar surface area (TPSA) is 24.7 Å². The zero-order valence-electron chi connectivity index (χ0n) is 4.01. The van der Waals surface area contributed by atoms with E-state index in [1.807, 2.05) is 0 Å². The minimum Gasteiger partial charge on any atom is -0.236 e. The van der Waals surface area contributed by atoms with Gasteiger partial charge in [-0.3, -0.25) is 0 Å². The van der Waals surface area contributed by atoms with Crippen molar-refractivity contribution < 1.29 is 0 Å². The van der Waals surface area contributed by atoms with Gasteiger partial charge < -0.3 is 0 Å². The van der Waals surface area contributed by atoms with Crippen LogP contribution in [0.5, 0.6) is 0 Å². The fourth-order valence-electron chi connectivity index (χ4n) is 0.417. The average Bonchev–Trinajstić information content (AvgIpc) is 1.64. The lowest BCUT2D eigenvalue weighted by Crippen LogP contribution is -2.03. The van der Waals surface area contributed by atoms with Gasteiger partial charge in [-0.25, -0.2) is 9.98 Å². The highest BCUT2D eigenvalue weighted by Crippen LogP contribution is 2.08. The van der Waals surface area contributed by atoms with Gasteiger partial charge in [0.1, 0.15) is 5.50 Å². The zero-order valence-corrected chi connectivity index (χ0v) is 5.52. The van der Waals surface area contributed by atoms with Gasteiger partial charge in [0.05, 0.1) is 0 Å². The Kier molecular flexibility index (Phi) is 1.86. The Balaban J connectivity index is 2.63. The summed E-state index contributed by atoms with van der Waals surface area (Å²) in [4.78, 5) is 7.42. The molecule has 1 aliphatic heterocycles. The molecule has 1 atom stereocenters. The first-order valence-corrected chi connectivity index (χ1v) is 3.00. The molecule has 0 bridgehead atoms. The lowest BCUT2D eigenvalue weighted by atomic mass is 10.4. The molecule has 1 heterocycles. The quantitative estimate of drug-likeness (QED) is 0.371. The third kappa shape index (κ3) is 1.46. The van der Waals surface area contributed by atoms with Crippen LogP contribution in [0.4, 0.5) is 0 Å². The number of rotatable bonds is 0. The number of nitrogens with zero attached hydrogens (tertiary/aromatic N) is 2. The van der Waals surface area contributed by atoms with Crippen LogP contribution in [0.2, 0.25) is 0 Å². The van der Waals surface area contributed by atoms with Crippen LogP contribution in [0.1, 0.15) is 6.42 Å². The Bertz CT molecular complexity index is 141. The second kappa shape index (κ2) is 2.46. The molecule has 0 aromatic heterocycles. The van der Waals surface area contributed by atoms with E-state index in [-0.39, 0.29) is 10.8 Å². The summed E-state index contributed by atoms with van der Waals surface area (Å²) in [5, 5.41) is 0.247. The highest BCUT2D eigenvalue weighted by molar-refractivity contribution is 6.65. The fourth-order valence-corrected chi connectivity index (χ4v) is 0.826. The first-order valence-electron chi connectivity index (χ1n) is 2.19. The fraction of sp³-hybridized carbons (Fsp3) is 0.500. The van der Waals surface area contributed by atoms with Gasteiger partial charge in [0.2, 0.25) is 5.29 Å². The second-order valence-corrected chi connectivity index (χ2v) is 2.22. The highest BCUT2D eigenvalue weighted by Gasteiger charge is 2.04. The van der Waals surface area contributed by atoms with Crippen LogP contribution in [0.15, 0.2) is 9.98 Å². The van der Waals surface area contributed by atoms with E-state index in [4.69, 9.17) is 23.2 Å². The summed E-state index contributed by atoms with van der Waals surface area (Å²) < 4.78 is 0. The van der Waals surface area contributed by atoms with E-state index in [1.165, 1.54) is 0 Å². The number of hydrogen-bond donors (Lipinski definition) is 0. The maximum absolute atomic E-state index is 5.55. The highest BCUT2D eigenvalue weighted by atomic mass is 35.5. The molecule has 0 N–H and O–H groups in total. The monoisotopic (exact) mass is 150 g/mol. The molecule has 44 valence electrons. The van der Waals surface area contributed by atoms with Crippen LogP contribution in [0.25, 0.3) is 0 Å². The molecule has 1 unspecified atom stereocenters. The van der Waals surface area contributed by atoms with Crippen LogP contribution >= 0.6 is 23.2 Å². The number of amidine groups is 1. The van der Waals surface area contributed by atoms with Crippen molar-refractivity contribution in [3.63, 3.8) is 0 Å². The van der Waals surface area contributed by atoms with Crippen molar-refractivity contribution in [1.82, 2.24) is 0 Å². The van der Waals surface area contributed by atoms with Gasteiger partial charge in [-0.05, 0) is 11.6 Å². The van der Waals surface area contributed by atoms with E-state index in [2.05, 4.69) is 9.98 Å². The van der Waals surface area contributed by atoms with Crippen molar-refractivity contribution >= 4 is 34.7 Å². The number of halogens is 2. The Hall–Kier alpha value is -0.0800. The molecule has 0 fully saturated rings. The third-order valence-electron chi connectivity index (χ3n) is 0.744. The van der Waals surface area contributed by atoms with Gasteiger partial charge in [0.15, 0.2) is 0 Å². The molecule has 2 nitrogen and oxygen atoms in total. The molecule has 0 amide bonds. The van der Waals surface area contributed by atoms with Crippen LogP contribution in [-0.4, -0.2) is 17.0 Å². The smallest absolute Gasteiger partial charge is 0.218 e. The lowest BCUT2D eigenvalue weighted by molar-refractivity contribution is 0.951. The van der Waals surface area contributed by atoms with Gasteiger partial charge in [0.25, 0.3) is 0 Å². The Labute approximate surface area is 57.2 Å². The van der Waals surface area contributed by atoms with Gasteiger partial charge >= 0.3 is 0 Å². The molecule has 0 aromatic rings. The predicted molar refractivity (Wildman–Crippen MR) is 36.0 cm³/mol. The lowest BCUT2D eigenvalue weighted by Gasteiger charge is -2.02. The van der Waals surface area contributed by atoms with Gasteiger partial charge in [-0.2, -0.15) is 0 Å². The Morgan fingerprint density at radius 2 is 2.50 bits per heavy atom. The van der Waals surface area contributed by atoms with Crippen molar-refractivity contribution in [3.05, 3.63) is 0 Å². The SMILES string of the molecule is ClC1=NC(Cl)CC=N1. The van der Waals surface area contributed by atoms with Crippen molar-refractivity contribution in [2.75, 3.05) is 0 Å². The van der Waals surface area contributed by atoms with Gasteiger partial charge in [0, 0.05) is 12.6 Å². The Morgan fingerprint density at radius 3 is 2.88 bits per heavy atom. The molecule has 0 spiro atoms. The van der Waals surface area contributed by atoms with Crippen molar-refractivity contribution in [3.8, 4) is 0 Å². The van der Waals surface area contributed by atoms with E-state index >= 15 is 0 Å². The normalized spacial score (nSPS) is 27.8. The molecule has 1 rings (SSSR count). The van der Waals surface area contributed by atoms with Crippen molar-refractivity contribution in [2.24, 2.45) is 9.98 Å². The molecule has 1 aliphatic rings. The van der Waals surface area contributed by atoms with Crippen LogP contribution in [-0.2, 0) is 0 Å². The summed E-state index contributed by atoms with van der Waals surface area (Å²) in [6.45, 7) is 0. The van der Waals surface area contributed by atoms with Gasteiger partial charge in [-0.1, -0.05) is 11.6 Å². The molecule has 0 radical (unpaired) electrons. The summed E-state index contributed by atoms with van der Waals surface area (Å²) in [6.07, 6.45) is 2.34. The summed E-state index contributed by atoms with van der Waals surface area (Å²) in [5.74, 6) is 0. The summed E-state index contributed by atoms with van der Waals surface area (Å²) in [6, 6.07) is 0. The summed E-state index contributed by atoms with van der Waals surface area (Å²) in [5.41, 5.74) is -0.208. The molecule has 0 saturated carbocycles. The van der Waals surface area contributed by atoms with Crippen LogP contribution < -0.4 is 0 Å². The third-order valence-corrected chi connectivity index (χ3v) is 1.22. The number of aliphatic imine (C=N–C) groups is 2. The van der Waals surface area contributed by atoms with Gasteiger partial charge in [-0.15, -0.1) is 0 Å². The molecule has 0 aromatic carbocycles. The van der Waals surface area contributed by atoms with Crippen LogP contribution in [0, 0.1) is 0 Å². The van der Waals surface area contributed by atoms with E-state index in [0.29, 0.717) is 6.42 Å².